The smallest absolute Gasteiger partial charge is 0.243 e. The average molecular weight is 416 g/mol. The molecule has 29 heavy (non-hydrogen) atoms. The highest BCUT2D eigenvalue weighted by Gasteiger charge is 2.39. The van der Waals surface area contributed by atoms with Crippen molar-refractivity contribution in [2.45, 2.75) is 37.2 Å². The van der Waals surface area contributed by atoms with Crippen LogP contribution in [0.1, 0.15) is 24.5 Å². The van der Waals surface area contributed by atoms with Crippen LogP contribution in [0, 0.1) is 5.92 Å². The SMILES string of the molecule is CCc1ccc(S(=O)(=O)N2CCC3C(COCCN3Cc3cccnc3)C2)cc1. The van der Waals surface area contributed by atoms with Crippen molar-refractivity contribution in [3.8, 4) is 0 Å². The molecule has 1 aromatic heterocycles. The van der Waals surface area contributed by atoms with Crippen LogP contribution in [0.5, 0.6) is 0 Å². The van der Waals surface area contributed by atoms with Gasteiger partial charge in [0.25, 0.3) is 0 Å². The van der Waals surface area contributed by atoms with Crippen molar-refractivity contribution in [3.05, 3.63) is 59.9 Å². The Kier molecular flexibility index (Phi) is 6.29. The highest BCUT2D eigenvalue weighted by molar-refractivity contribution is 7.89. The van der Waals surface area contributed by atoms with E-state index in [1.54, 1.807) is 22.6 Å². The summed E-state index contributed by atoms with van der Waals surface area (Å²) in [4.78, 5) is 7.05. The second-order valence-electron chi connectivity index (χ2n) is 7.88. The predicted octanol–water partition coefficient (Wildman–Crippen LogP) is 2.56. The van der Waals surface area contributed by atoms with Crippen molar-refractivity contribution >= 4 is 10.0 Å². The normalized spacial score (nSPS) is 24.0. The molecule has 0 spiro atoms. The Labute approximate surface area is 173 Å². The van der Waals surface area contributed by atoms with Crippen molar-refractivity contribution in [1.29, 1.82) is 0 Å². The third-order valence-electron chi connectivity index (χ3n) is 6.06. The second kappa shape index (κ2) is 8.92. The molecule has 0 amide bonds. The Morgan fingerprint density at radius 2 is 1.97 bits per heavy atom. The van der Waals surface area contributed by atoms with Gasteiger partial charge in [-0.2, -0.15) is 4.31 Å². The summed E-state index contributed by atoms with van der Waals surface area (Å²) in [5.74, 6) is 0.174. The van der Waals surface area contributed by atoms with Gasteiger partial charge in [-0.25, -0.2) is 8.42 Å². The number of sulfonamides is 1. The summed E-state index contributed by atoms with van der Waals surface area (Å²) in [5, 5.41) is 0. The number of rotatable bonds is 5. The maximum atomic E-state index is 13.2. The zero-order chi connectivity index (χ0) is 20.3. The maximum Gasteiger partial charge on any atom is 0.243 e. The van der Waals surface area contributed by atoms with Crippen LogP contribution in [-0.4, -0.2) is 61.5 Å². The zero-order valence-corrected chi connectivity index (χ0v) is 17.7. The van der Waals surface area contributed by atoms with Gasteiger partial charge < -0.3 is 4.74 Å². The minimum Gasteiger partial charge on any atom is -0.380 e. The van der Waals surface area contributed by atoms with E-state index in [0.717, 1.165) is 31.5 Å². The van der Waals surface area contributed by atoms with Crippen LogP contribution in [0.2, 0.25) is 0 Å². The van der Waals surface area contributed by atoms with Crippen LogP contribution in [0.25, 0.3) is 0 Å². The molecule has 7 heteroatoms. The Hall–Kier alpha value is -1.80. The maximum absolute atomic E-state index is 13.2. The fourth-order valence-electron chi connectivity index (χ4n) is 4.40. The Balaban J connectivity index is 1.49. The highest BCUT2D eigenvalue weighted by Crippen LogP contribution is 2.29. The van der Waals surface area contributed by atoms with E-state index in [-0.39, 0.29) is 5.92 Å². The third-order valence-corrected chi connectivity index (χ3v) is 7.94. The number of pyridine rings is 1. The van der Waals surface area contributed by atoms with Gasteiger partial charge >= 0.3 is 0 Å². The van der Waals surface area contributed by atoms with Crippen LogP contribution in [0.3, 0.4) is 0 Å². The summed E-state index contributed by atoms with van der Waals surface area (Å²) in [6.07, 6.45) is 5.41. The molecule has 6 nitrogen and oxygen atoms in total. The van der Waals surface area contributed by atoms with Crippen LogP contribution in [-0.2, 0) is 27.7 Å². The fourth-order valence-corrected chi connectivity index (χ4v) is 5.91. The first-order chi connectivity index (χ1) is 14.1. The number of aromatic nitrogens is 1. The molecule has 3 heterocycles. The summed E-state index contributed by atoms with van der Waals surface area (Å²) in [6, 6.07) is 11.7. The molecule has 2 aliphatic rings. The molecule has 2 atom stereocenters. The van der Waals surface area contributed by atoms with Crippen LogP contribution in [0.15, 0.2) is 53.7 Å². The molecule has 156 valence electrons. The number of piperidine rings is 1. The van der Waals surface area contributed by atoms with Gasteiger partial charge in [-0.3, -0.25) is 9.88 Å². The minimum atomic E-state index is -3.48. The first-order valence-electron chi connectivity index (χ1n) is 10.4. The molecule has 4 rings (SSSR count). The molecular formula is C22H29N3O3S. The van der Waals surface area contributed by atoms with Gasteiger partial charge in [0.2, 0.25) is 10.0 Å². The number of hydrogen-bond acceptors (Lipinski definition) is 5. The molecule has 0 aliphatic carbocycles. The molecule has 1 aromatic carbocycles. The van der Waals surface area contributed by atoms with Gasteiger partial charge in [-0.15, -0.1) is 0 Å². The van der Waals surface area contributed by atoms with Gasteiger partial charge in [0.05, 0.1) is 18.1 Å². The molecular weight excluding hydrogens is 386 g/mol. The van der Waals surface area contributed by atoms with Crippen molar-refractivity contribution in [2.24, 2.45) is 5.92 Å². The minimum absolute atomic E-state index is 0.174. The van der Waals surface area contributed by atoms with Crippen LogP contribution in [0.4, 0.5) is 0 Å². The van der Waals surface area contributed by atoms with Crippen molar-refractivity contribution in [2.75, 3.05) is 32.8 Å². The molecule has 2 aliphatic heterocycles. The number of ether oxygens (including phenoxy) is 1. The van der Waals surface area contributed by atoms with E-state index in [1.165, 1.54) is 5.56 Å². The molecule has 0 bridgehead atoms. The Morgan fingerprint density at radius 1 is 1.14 bits per heavy atom. The largest absolute Gasteiger partial charge is 0.380 e. The molecule has 2 unspecified atom stereocenters. The lowest BCUT2D eigenvalue weighted by molar-refractivity contribution is 0.0762. The molecule has 0 radical (unpaired) electrons. The van der Waals surface area contributed by atoms with Crippen LogP contribution < -0.4 is 0 Å². The van der Waals surface area contributed by atoms with E-state index in [1.807, 2.05) is 24.4 Å². The summed E-state index contributed by atoms with van der Waals surface area (Å²) < 4.78 is 33.9. The van der Waals surface area contributed by atoms with E-state index in [9.17, 15) is 8.42 Å². The van der Waals surface area contributed by atoms with Crippen molar-refractivity contribution in [1.82, 2.24) is 14.2 Å². The number of fused-ring (bicyclic) bond motifs is 1. The number of hydrogen-bond donors (Lipinski definition) is 0. The van der Waals surface area contributed by atoms with Gasteiger partial charge in [-0.1, -0.05) is 25.1 Å². The van der Waals surface area contributed by atoms with Crippen molar-refractivity contribution < 1.29 is 13.2 Å². The third kappa shape index (κ3) is 4.53. The lowest BCUT2D eigenvalue weighted by atomic mass is 9.92. The van der Waals surface area contributed by atoms with Gasteiger partial charge in [0.1, 0.15) is 0 Å². The predicted molar refractivity (Wildman–Crippen MR) is 112 cm³/mol. The average Bonchev–Trinajstić information content (AvgIpc) is 2.96. The van der Waals surface area contributed by atoms with Gasteiger partial charge in [0.15, 0.2) is 0 Å². The fraction of sp³-hybridized carbons (Fsp3) is 0.500. The highest BCUT2D eigenvalue weighted by atomic mass is 32.2. The second-order valence-corrected chi connectivity index (χ2v) is 9.82. The van der Waals surface area contributed by atoms with E-state index < -0.39 is 10.0 Å². The zero-order valence-electron chi connectivity index (χ0n) is 16.9. The summed E-state index contributed by atoms with van der Waals surface area (Å²) in [7, 11) is -3.48. The topological polar surface area (TPSA) is 62.7 Å². The summed E-state index contributed by atoms with van der Waals surface area (Å²) in [6.45, 7) is 6.09. The summed E-state index contributed by atoms with van der Waals surface area (Å²) in [5.41, 5.74) is 2.32. The van der Waals surface area contributed by atoms with Gasteiger partial charge in [0, 0.05) is 50.5 Å². The molecule has 0 N–H and O–H groups in total. The van der Waals surface area contributed by atoms with E-state index >= 15 is 0 Å². The first-order valence-corrected chi connectivity index (χ1v) is 11.8. The standard InChI is InChI=1S/C22H29N3O3S/c1-2-18-5-7-21(8-6-18)29(26,27)25-11-9-22-20(16-25)17-28-13-12-24(22)15-19-4-3-10-23-14-19/h3-8,10,14,20,22H,2,9,11-13,15-17H2,1H3. The summed E-state index contributed by atoms with van der Waals surface area (Å²) >= 11 is 0. The van der Waals surface area contributed by atoms with Crippen molar-refractivity contribution in [3.63, 3.8) is 0 Å². The number of benzene rings is 1. The van der Waals surface area contributed by atoms with E-state index in [2.05, 4.69) is 22.9 Å². The Bertz CT molecular complexity index is 903. The quantitative estimate of drug-likeness (QED) is 0.751. The first kappa shape index (κ1) is 20.5. The lowest BCUT2D eigenvalue weighted by Crippen LogP contribution is -2.52. The van der Waals surface area contributed by atoms with Gasteiger partial charge in [-0.05, 0) is 42.2 Å². The Morgan fingerprint density at radius 3 is 2.69 bits per heavy atom. The lowest BCUT2D eigenvalue weighted by Gasteiger charge is -2.41. The molecule has 2 fully saturated rings. The monoisotopic (exact) mass is 415 g/mol. The number of aryl methyl sites for hydroxylation is 1. The molecule has 0 saturated carbocycles. The van der Waals surface area contributed by atoms with E-state index in [4.69, 9.17) is 4.74 Å². The van der Waals surface area contributed by atoms with E-state index in [0.29, 0.717) is 37.2 Å². The molecule has 2 aromatic rings. The number of nitrogens with zero attached hydrogens (tertiary/aromatic N) is 3. The van der Waals surface area contributed by atoms with Crippen LogP contribution >= 0.6 is 0 Å². The molecule has 2 saturated heterocycles.